The number of rotatable bonds is 8. The summed E-state index contributed by atoms with van der Waals surface area (Å²) in [6.07, 6.45) is 3.77. The molecule has 4 aromatic rings. The summed E-state index contributed by atoms with van der Waals surface area (Å²) in [5, 5.41) is 0. The van der Waals surface area contributed by atoms with Crippen LogP contribution in [0.25, 0.3) is 12.2 Å². The molecule has 0 aromatic heterocycles. The number of esters is 2. The van der Waals surface area contributed by atoms with E-state index in [0.717, 1.165) is 11.1 Å². The number of benzene rings is 4. The Kier molecular flexibility index (Phi) is 7.78. The van der Waals surface area contributed by atoms with Gasteiger partial charge in [0.1, 0.15) is 0 Å². The zero-order valence-electron chi connectivity index (χ0n) is 19.8. The fourth-order valence-electron chi connectivity index (χ4n) is 3.40. The smallest absolute Gasteiger partial charge is 0.343 e. The molecule has 4 rings (SSSR count). The number of methoxy groups -OCH3 is 2. The minimum absolute atomic E-state index is 0.328. The Hall–Kier alpha value is -4.84. The van der Waals surface area contributed by atoms with Crippen molar-refractivity contribution in [1.29, 1.82) is 0 Å². The van der Waals surface area contributed by atoms with Gasteiger partial charge in [-0.2, -0.15) is 0 Å². The fraction of sp³-hybridized carbons (Fsp3) is 0.0667. The average molecular weight is 481 g/mol. The molecule has 0 spiro atoms. The van der Waals surface area contributed by atoms with Crippen molar-refractivity contribution in [2.24, 2.45) is 0 Å². The van der Waals surface area contributed by atoms with Crippen molar-refractivity contribution in [3.05, 3.63) is 119 Å². The molecule has 0 saturated carbocycles. The third-order valence-corrected chi connectivity index (χ3v) is 5.27. The molecule has 0 saturated heterocycles. The first kappa shape index (κ1) is 24.3. The van der Waals surface area contributed by atoms with Gasteiger partial charge in [0.15, 0.2) is 23.0 Å². The van der Waals surface area contributed by atoms with Crippen molar-refractivity contribution in [3.63, 3.8) is 0 Å². The van der Waals surface area contributed by atoms with Crippen molar-refractivity contribution < 1.29 is 28.5 Å². The van der Waals surface area contributed by atoms with Crippen LogP contribution in [-0.2, 0) is 0 Å². The van der Waals surface area contributed by atoms with E-state index in [9.17, 15) is 9.59 Å². The summed E-state index contributed by atoms with van der Waals surface area (Å²) in [6, 6.07) is 28.1. The maximum absolute atomic E-state index is 12.4. The Bertz CT molecular complexity index is 1270. The van der Waals surface area contributed by atoms with Crippen LogP contribution in [0.1, 0.15) is 31.8 Å². The molecule has 0 heterocycles. The molecule has 0 atom stereocenters. The minimum atomic E-state index is -0.461. The summed E-state index contributed by atoms with van der Waals surface area (Å²) in [4.78, 5) is 24.8. The summed E-state index contributed by atoms with van der Waals surface area (Å²) in [6.45, 7) is 0. The van der Waals surface area contributed by atoms with E-state index in [0.29, 0.717) is 34.1 Å². The molecule has 0 N–H and O–H groups in total. The Morgan fingerprint density at radius 1 is 0.528 bits per heavy atom. The van der Waals surface area contributed by atoms with Crippen molar-refractivity contribution in [3.8, 4) is 23.0 Å². The predicted molar refractivity (Wildman–Crippen MR) is 138 cm³/mol. The normalized spacial score (nSPS) is 10.6. The van der Waals surface area contributed by atoms with Crippen LogP contribution in [0.4, 0.5) is 0 Å². The summed E-state index contributed by atoms with van der Waals surface area (Å²) in [7, 11) is 3.03. The van der Waals surface area contributed by atoms with Gasteiger partial charge in [-0.1, -0.05) is 60.7 Å². The van der Waals surface area contributed by atoms with E-state index >= 15 is 0 Å². The van der Waals surface area contributed by atoms with E-state index in [1.807, 2.05) is 36.4 Å². The van der Waals surface area contributed by atoms with E-state index in [2.05, 4.69) is 0 Å². The highest BCUT2D eigenvalue weighted by atomic mass is 16.6. The molecule has 36 heavy (non-hydrogen) atoms. The van der Waals surface area contributed by atoms with Gasteiger partial charge in [-0.15, -0.1) is 0 Å². The van der Waals surface area contributed by atoms with E-state index in [4.69, 9.17) is 18.9 Å². The molecule has 0 aliphatic carbocycles. The Morgan fingerprint density at radius 3 is 1.28 bits per heavy atom. The number of hydrogen-bond donors (Lipinski definition) is 0. The van der Waals surface area contributed by atoms with Gasteiger partial charge in [-0.3, -0.25) is 0 Å². The van der Waals surface area contributed by atoms with Crippen molar-refractivity contribution in [2.45, 2.75) is 0 Å². The second-order valence-corrected chi connectivity index (χ2v) is 7.67. The molecule has 4 aromatic carbocycles. The zero-order valence-corrected chi connectivity index (χ0v) is 19.8. The van der Waals surface area contributed by atoms with E-state index in [1.165, 1.54) is 14.2 Å². The van der Waals surface area contributed by atoms with Crippen LogP contribution in [-0.4, -0.2) is 26.2 Å². The van der Waals surface area contributed by atoms with Gasteiger partial charge < -0.3 is 18.9 Å². The van der Waals surface area contributed by atoms with Crippen LogP contribution in [0.15, 0.2) is 97.1 Å². The van der Waals surface area contributed by atoms with Crippen LogP contribution in [0.3, 0.4) is 0 Å². The van der Waals surface area contributed by atoms with Crippen molar-refractivity contribution >= 4 is 24.1 Å². The van der Waals surface area contributed by atoms with Gasteiger partial charge in [-0.05, 0) is 59.7 Å². The summed E-state index contributed by atoms with van der Waals surface area (Å²) < 4.78 is 21.8. The van der Waals surface area contributed by atoms with Gasteiger partial charge in [0, 0.05) is 0 Å². The zero-order chi connectivity index (χ0) is 25.3. The van der Waals surface area contributed by atoms with Crippen LogP contribution < -0.4 is 18.9 Å². The highest BCUT2D eigenvalue weighted by molar-refractivity contribution is 5.92. The first-order valence-corrected chi connectivity index (χ1v) is 11.2. The molecular weight excluding hydrogens is 456 g/mol. The highest BCUT2D eigenvalue weighted by Crippen LogP contribution is 2.31. The minimum Gasteiger partial charge on any atom is -0.493 e. The lowest BCUT2D eigenvalue weighted by Gasteiger charge is -2.11. The van der Waals surface area contributed by atoms with Gasteiger partial charge in [0.05, 0.1) is 25.3 Å². The molecule has 0 aliphatic rings. The van der Waals surface area contributed by atoms with Gasteiger partial charge >= 0.3 is 11.9 Å². The molecule has 6 nitrogen and oxygen atoms in total. The van der Waals surface area contributed by atoms with Gasteiger partial charge in [-0.25, -0.2) is 9.59 Å². The fourth-order valence-corrected chi connectivity index (χ4v) is 3.40. The average Bonchev–Trinajstić information content (AvgIpc) is 2.93. The predicted octanol–water partition coefficient (Wildman–Crippen LogP) is 6.31. The lowest BCUT2D eigenvalue weighted by molar-refractivity contribution is 0.0720. The first-order valence-electron chi connectivity index (χ1n) is 11.2. The van der Waals surface area contributed by atoms with Crippen LogP contribution in [0.2, 0.25) is 0 Å². The number of hydrogen-bond acceptors (Lipinski definition) is 6. The molecule has 0 bridgehead atoms. The SMILES string of the molecule is COc1cc(C=Cc2ccc(OC(=O)c3ccccc3)c(OC)c2)ccc1OC(=O)c1ccccc1. The van der Waals surface area contributed by atoms with E-state index in [1.54, 1.807) is 72.8 Å². The standard InChI is InChI=1S/C30H24O6/c1-33-27-19-21(15-17-25(27)35-29(31)23-9-5-3-6-10-23)13-14-22-16-18-26(28(20-22)34-2)36-30(32)24-11-7-4-8-12-24/h3-20H,1-2H3. The largest absolute Gasteiger partial charge is 0.493 e. The maximum atomic E-state index is 12.4. The van der Waals surface area contributed by atoms with E-state index < -0.39 is 11.9 Å². The highest BCUT2D eigenvalue weighted by Gasteiger charge is 2.14. The topological polar surface area (TPSA) is 71.1 Å². The summed E-state index contributed by atoms with van der Waals surface area (Å²) >= 11 is 0. The third kappa shape index (κ3) is 5.98. The number of carbonyl (C=O) groups is 2. The third-order valence-electron chi connectivity index (χ3n) is 5.27. The Labute approximate surface area is 209 Å². The van der Waals surface area contributed by atoms with Crippen molar-refractivity contribution in [1.82, 2.24) is 0 Å². The van der Waals surface area contributed by atoms with E-state index in [-0.39, 0.29) is 0 Å². The maximum Gasteiger partial charge on any atom is 0.343 e. The lowest BCUT2D eigenvalue weighted by Crippen LogP contribution is -2.09. The molecule has 180 valence electrons. The van der Waals surface area contributed by atoms with Gasteiger partial charge in [0.25, 0.3) is 0 Å². The Balaban J connectivity index is 1.47. The molecule has 0 unspecified atom stereocenters. The summed E-state index contributed by atoms with van der Waals surface area (Å²) in [5.74, 6) is 0.601. The van der Waals surface area contributed by atoms with Crippen LogP contribution in [0, 0.1) is 0 Å². The van der Waals surface area contributed by atoms with Crippen LogP contribution >= 0.6 is 0 Å². The molecule has 0 radical (unpaired) electrons. The second kappa shape index (κ2) is 11.5. The number of carbonyl (C=O) groups excluding carboxylic acids is 2. The summed E-state index contributed by atoms with van der Waals surface area (Å²) in [5.41, 5.74) is 2.58. The van der Waals surface area contributed by atoms with Crippen LogP contribution in [0.5, 0.6) is 23.0 Å². The Morgan fingerprint density at radius 2 is 0.917 bits per heavy atom. The number of ether oxygens (including phenoxy) is 4. The molecule has 6 heteroatoms. The molecular formula is C30H24O6. The molecule has 0 fully saturated rings. The van der Waals surface area contributed by atoms with Crippen molar-refractivity contribution in [2.75, 3.05) is 14.2 Å². The lowest BCUT2D eigenvalue weighted by atomic mass is 10.1. The molecule has 0 aliphatic heterocycles. The second-order valence-electron chi connectivity index (χ2n) is 7.67. The molecule has 0 amide bonds. The quantitative estimate of drug-likeness (QED) is 0.167. The van der Waals surface area contributed by atoms with Gasteiger partial charge in [0.2, 0.25) is 0 Å². The monoisotopic (exact) mass is 480 g/mol. The first-order chi connectivity index (χ1) is 17.6.